The molecule has 0 aliphatic heterocycles. The third-order valence-corrected chi connectivity index (χ3v) is 6.31. The van der Waals surface area contributed by atoms with Crippen LogP contribution >= 0.6 is 0 Å². The molecular weight excluding hydrogens is 396 g/mol. The van der Waals surface area contributed by atoms with Crippen molar-refractivity contribution in [1.82, 2.24) is 5.32 Å². The number of carbonyl (C=O) groups is 1. The van der Waals surface area contributed by atoms with Gasteiger partial charge in [-0.15, -0.1) is 0 Å². The van der Waals surface area contributed by atoms with Crippen LogP contribution in [0.2, 0.25) is 0 Å². The van der Waals surface area contributed by atoms with Gasteiger partial charge >= 0.3 is 0 Å². The number of hydrogen-bond donors (Lipinski definition) is 2. The predicted molar refractivity (Wildman–Crippen MR) is 140 cm³/mol. The third kappa shape index (κ3) is 21.2. The van der Waals surface area contributed by atoms with Crippen LogP contribution in [-0.2, 0) is 9.53 Å². The van der Waals surface area contributed by atoms with Crippen LogP contribution in [0.3, 0.4) is 0 Å². The topological polar surface area (TPSA) is 64.3 Å². The molecule has 0 unspecified atom stereocenters. The van der Waals surface area contributed by atoms with Crippen molar-refractivity contribution in [3.8, 4) is 0 Å². The first-order valence-corrected chi connectivity index (χ1v) is 13.8. The van der Waals surface area contributed by atoms with E-state index >= 15 is 0 Å². The Morgan fingerprint density at radius 1 is 0.688 bits per heavy atom. The fourth-order valence-electron chi connectivity index (χ4n) is 3.80. The number of nitrogens with one attached hydrogen (secondary N) is 1. The molecule has 0 atom stereocenters. The lowest BCUT2D eigenvalue weighted by atomic mass is 9.93. The summed E-state index contributed by atoms with van der Waals surface area (Å²) in [5.41, 5.74) is 5.69. The van der Waals surface area contributed by atoms with Gasteiger partial charge < -0.3 is 15.8 Å². The monoisotopic (exact) mass is 454 g/mol. The summed E-state index contributed by atoms with van der Waals surface area (Å²) >= 11 is 0. The Labute approximate surface area is 201 Å². The summed E-state index contributed by atoms with van der Waals surface area (Å²) in [4.78, 5) is 12.1. The first-order chi connectivity index (χ1) is 15.2. The maximum absolute atomic E-state index is 12.1. The summed E-state index contributed by atoms with van der Waals surface area (Å²) in [6.45, 7) is 13.3. The van der Waals surface area contributed by atoms with E-state index in [4.69, 9.17) is 10.5 Å². The molecule has 192 valence electrons. The zero-order chi connectivity index (χ0) is 24.1. The maximum atomic E-state index is 12.1. The largest absolute Gasteiger partial charge is 0.380 e. The van der Waals surface area contributed by atoms with Crippen LogP contribution in [0.25, 0.3) is 0 Å². The summed E-state index contributed by atoms with van der Waals surface area (Å²) in [5.74, 6) is 0.176. The van der Waals surface area contributed by atoms with Gasteiger partial charge in [-0.1, -0.05) is 125 Å². The average molecular weight is 455 g/mol. The second-order valence-electron chi connectivity index (χ2n) is 11.5. The van der Waals surface area contributed by atoms with Gasteiger partial charge in [-0.25, -0.2) is 0 Å². The van der Waals surface area contributed by atoms with Gasteiger partial charge in [0.25, 0.3) is 0 Å². The smallest absolute Gasteiger partial charge is 0.220 e. The van der Waals surface area contributed by atoms with Crippen LogP contribution in [0, 0.1) is 10.8 Å². The summed E-state index contributed by atoms with van der Waals surface area (Å²) < 4.78 is 5.85. The molecule has 32 heavy (non-hydrogen) atoms. The van der Waals surface area contributed by atoms with Crippen molar-refractivity contribution in [3.63, 3.8) is 0 Å². The number of hydrogen-bond acceptors (Lipinski definition) is 3. The molecule has 0 aromatic carbocycles. The molecule has 0 aromatic rings. The molecule has 0 radical (unpaired) electrons. The molecule has 4 nitrogen and oxygen atoms in total. The van der Waals surface area contributed by atoms with E-state index in [1.54, 1.807) is 0 Å². The number of unbranched alkanes of at least 4 members (excludes halogenated alkanes) is 14. The van der Waals surface area contributed by atoms with Crippen molar-refractivity contribution in [3.05, 3.63) is 0 Å². The maximum Gasteiger partial charge on any atom is 0.220 e. The zero-order valence-electron chi connectivity index (χ0n) is 22.5. The quantitative estimate of drug-likeness (QED) is 0.158. The van der Waals surface area contributed by atoms with E-state index in [0.29, 0.717) is 32.7 Å². The van der Waals surface area contributed by atoms with Gasteiger partial charge in [-0.2, -0.15) is 0 Å². The first kappa shape index (κ1) is 31.4. The van der Waals surface area contributed by atoms with Crippen LogP contribution in [0.4, 0.5) is 0 Å². The molecule has 0 aliphatic carbocycles. The van der Waals surface area contributed by atoms with E-state index in [1.807, 2.05) is 0 Å². The Bertz CT molecular complexity index is 435. The van der Waals surface area contributed by atoms with Crippen molar-refractivity contribution < 1.29 is 9.53 Å². The molecule has 0 saturated heterocycles. The van der Waals surface area contributed by atoms with Gasteiger partial charge in [-0.3, -0.25) is 4.79 Å². The Kier molecular flexibility index (Phi) is 19.4. The van der Waals surface area contributed by atoms with Crippen LogP contribution in [-0.4, -0.2) is 32.2 Å². The molecule has 0 spiro atoms. The highest BCUT2D eigenvalue weighted by atomic mass is 16.5. The van der Waals surface area contributed by atoms with Crippen LogP contribution in [0.5, 0.6) is 0 Å². The van der Waals surface area contributed by atoms with E-state index < -0.39 is 0 Å². The average Bonchev–Trinajstić information content (AvgIpc) is 2.75. The second-order valence-corrected chi connectivity index (χ2v) is 11.5. The summed E-state index contributed by atoms with van der Waals surface area (Å²) in [6.07, 6.45) is 20.9. The Morgan fingerprint density at radius 3 is 1.53 bits per heavy atom. The number of amides is 1. The van der Waals surface area contributed by atoms with Crippen molar-refractivity contribution in [1.29, 1.82) is 0 Å². The van der Waals surface area contributed by atoms with E-state index in [0.717, 1.165) is 6.42 Å². The van der Waals surface area contributed by atoms with Gasteiger partial charge in [0.05, 0.1) is 13.2 Å². The number of nitrogens with two attached hydrogens (primary N) is 1. The molecule has 0 heterocycles. The zero-order valence-corrected chi connectivity index (χ0v) is 22.5. The lowest BCUT2D eigenvalue weighted by Gasteiger charge is -2.28. The minimum absolute atomic E-state index is 0.00682. The summed E-state index contributed by atoms with van der Waals surface area (Å²) in [7, 11) is 0. The molecule has 1 amide bonds. The van der Waals surface area contributed by atoms with Crippen molar-refractivity contribution in [2.24, 2.45) is 16.6 Å². The SMILES string of the molecule is CCCCCCCCCCCCCCCCCC(=O)NCC(C)(C)COCC(C)(C)CN. The number of carbonyl (C=O) groups excluding carboxylic acids is 1. The van der Waals surface area contributed by atoms with Crippen molar-refractivity contribution >= 4 is 5.91 Å². The molecule has 0 rings (SSSR count). The molecule has 4 heteroatoms. The second kappa shape index (κ2) is 19.8. The van der Waals surface area contributed by atoms with E-state index in [-0.39, 0.29) is 16.7 Å². The van der Waals surface area contributed by atoms with Gasteiger partial charge in [0.2, 0.25) is 5.91 Å². The number of rotatable bonds is 23. The Hall–Kier alpha value is -0.610. The van der Waals surface area contributed by atoms with Crippen LogP contribution in [0.1, 0.15) is 137 Å². The molecule has 0 aliphatic rings. The van der Waals surface area contributed by atoms with E-state index in [9.17, 15) is 4.79 Å². The summed E-state index contributed by atoms with van der Waals surface area (Å²) in [6, 6.07) is 0. The van der Waals surface area contributed by atoms with Crippen LogP contribution in [0.15, 0.2) is 0 Å². The molecule has 0 fully saturated rings. The lowest BCUT2D eigenvalue weighted by molar-refractivity contribution is -0.121. The lowest BCUT2D eigenvalue weighted by Crippen LogP contribution is -2.38. The van der Waals surface area contributed by atoms with Gasteiger partial charge in [0.15, 0.2) is 0 Å². The molecule has 0 saturated carbocycles. The standard InChI is InChI=1S/C28H58N2O2/c1-6-7-8-9-10-11-12-13-14-15-16-17-18-19-20-21-26(31)30-23-28(4,5)25-32-24-27(2,3)22-29/h6-25,29H2,1-5H3,(H,30,31). The molecule has 0 aromatic heterocycles. The first-order valence-electron chi connectivity index (χ1n) is 13.8. The molecule has 0 bridgehead atoms. The predicted octanol–water partition coefficient (Wildman–Crippen LogP) is 7.39. The van der Waals surface area contributed by atoms with Crippen molar-refractivity contribution in [2.75, 3.05) is 26.3 Å². The fourth-order valence-corrected chi connectivity index (χ4v) is 3.80. The minimum Gasteiger partial charge on any atom is -0.380 e. The minimum atomic E-state index is -0.0601. The number of ether oxygens (including phenoxy) is 1. The van der Waals surface area contributed by atoms with Crippen molar-refractivity contribution in [2.45, 2.75) is 137 Å². The molecular formula is C28H58N2O2. The van der Waals surface area contributed by atoms with E-state index in [2.05, 4.69) is 39.9 Å². The Morgan fingerprint density at radius 2 is 1.09 bits per heavy atom. The van der Waals surface area contributed by atoms with Gasteiger partial charge in [0.1, 0.15) is 0 Å². The highest BCUT2D eigenvalue weighted by Crippen LogP contribution is 2.18. The Balaban J connectivity index is 3.47. The van der Waals surface area contributed by atoms with Gasteiger partial charge in [-0.05, 0) is 13.0 Å². The fraction of sp³-hybridized carbons (Fsp3) is 0.964. The summed E-state index contributed by atoms with van der Waals surface area (Å²) in [5, 5.41) is 3.09. The highest BCUT2D eigenvalue weighted by molar-refractivity contribution is 5.75. The van der Waals surface area contributed by atoms with Gasteiger partial charge in [0, 0.05) is 23.8 Å². The van der Waals surface area contributed by atoms with Crippen LogP contribution < -0.4 is 11.1 Å². The van der Waals surface area contributed by atoms with E-state index in [1.165, 1.54) is 89.9 Å². The molecule has 3 N–H and O–H groups in total. The highest BCUT2D eigenvalue weighted by Gasteiger charge is 2.22. The third-order valence-electron chi connectivity index (χ3n) is 6.31. The normalized spacial score (nSPS) is 12.3.